The summed E-state index contributed by atoms with van der Waals surface area (Å²) in [6, 6.07) is 1.41. The first-order valence-corrected chi connectivity index (χ1v) is 5.13. The van der Waals surface area contributed by atoms with Crippen LogP contribution in [0.25, 0.3) is 0 Å². The summed E-state index contributed by atoms with van der Waals surface area (Å²) in [5, 5.41) is 0.365. The Morgan fingerprint density at radius 1 is 1.50 bits per heavy atom. The van der Waals surface area contributed by atoms with E-state index in [1.165, 1.54) is 19.4 Å². The Morgan fingerprint density at radius 2 is 2.25 bits per heavy atom. The zero-order chi connectivity index (χ0) is 12.0. The second-order valence-corrected chi connectivity index (χ2v) is 3.53. The Bertz CT molecular complexity index is 374. The second-order valence-electron chi connectivity index (χ2n) is 2.77. The van der Waals surface area contributed by atoms with E-state index in [9.17, 15) is 4.79 Å². The van der Waals surface area contributed by atoms with E-state index in [1.54, 1.807) is 0 Å². The Hall–Kier alpha value is -0.880. The van der Waals surface area contributed by atoms with Crippen LogP contribution in [0.2, 0.25) is 10.2 Å². The van der Waals surface area contributed by atoms with Crippen LogP contribution < -0.4 is 5.48 Å². The van der Waals surface area contributed by atoms with Gasteiger partial charge in [0.2, 0.25) is 0 Å². The van der Waals surface area contributed by atoms with Crippen molar-refractivity contribution in [2.45, 2.75) is 0 Å². The topological polar surface area (TPSA) is 60.5 Å². The molecule has 1 amide bonds. The fourth-order valence-electron chi connectivity index (χ4n) is 0.846. The molecule has 0 saturated carbocycles. The molecule has 0 spiro atoms. The Labute approximate surface area is 103 Å². The highest BCUT2D eigenvalue weighted by atomic mass is 35.5. The van der Waals surface area contributed by atoms with Crippen molar-refractivity contribution in [2.75, 3.05) is 20.3 Å². The smallest absolute Gasteiger partial charge is 0.276 e. The molecular weight excluding hydrogens is 255 g/mol. The summed E-state index contributed by atoms with van der Waals surface area (Å²) < 4.78 is 4.74. The quantitative estimate of drug-likeness (QED) is 0.500. The predicted molar refractivity (Wildman–Crippen MR) is 59.6 cm³/mol. The van der Waals surface area contributed by atoms with Crippen LogP contribution in [-0.2, 0) is 9.57 Å². The van der Waals surface area contributed by atoms with Gasteiger partial charge in [0.25, 0.3) is 5.91 Å². The molecule has 1 heterocycles. The van der Waals surface area contributed by atoms with Crippen molar-refractivity contribution in [2.24, 2.45) is 0 Å². The maximum absolute atomic E-state index is 11.5. The fraction of sp³-hybridized carbons (Fsp3) is 0.333. The van der Waals surface area contributed by atoms with E-state index >= 15 is 0 Å². The number of carbonyl (C=O) groups is 1. The van der Waals surface area contributed by atoms with Gasteiger partial charge < -0.3 is 4.74 Å². The van der Waals surface area contributed by atoms with Gasteiger partial charge in [-0.2, -0.15) is 0 Å². The Kier molecular flexibility index (Phi) is 5.48. The maximum Gasteiger partial charge on any atom is 0.276 e. The second kappa shape index (κ2) is 6.65. The van der Waals surface area contributed by atoms with Crippen LogP contribution in [0.5, 0.6) is 0 Å². The van der Waals surface area contributed by atoms with Gasteiger partial charge in [-0.1, -0.05) is 23.2 Å². The minimum Gasteiger partial charge on any atom is -0.382 e. The maximum atomic E-state index is 11.5. The van der Waals surface area contributed by atoms with Crippen molar-refractivity contribution in [1.29, 1.82) is 0 Å². The highest BCUT2D eigenvalue weighted by Gasteiger charge is 2.08. The third-order valence-electron chi connectivity index (χ3n) is 1.61. The van der Waals surface area contributed by atoms with Gasteiger partial charge in [-0.05, 0) is 6.07 Å². The standard InChI is InChI=1S/C9H10Cl2N2O3/c1-15-2-3-16-13-9(14)6-4-7(10)8(11)12-5-6/h4-5H,2-3H2,1H3,(H,13,14). The normalized spacial score (nSPS) is 10.2. The highest BCUT2D eigenvalue weighted by molar-refractivity contribution is 6.41. The van der Waals surface area contributed by atoms with Crippen molar-refractivity contribution >= 4 is 29.1 Å². The molecule has 0 saturated heterocycles. The van der Waals surface area contributed by atoms with E-state index < -0.39 is 5.91 Å². The number of carbonyl (C=O) groups excluding carboxylic acids is 1. The number of halogens is 2. The van der Waals surface area contributed by atoms with Gasteiger partial charge >= 0.3 is 0 Å². The molecule has 16 heavy (non-hydrogen) atoms. The lowest BCUT2D eigenvalue weighted by Gasteiger charge is -2.05. The summed E-state index contributed by atoms with van der Waals surface area (Å²) in [4.78, 5) is 20.0. The average molecular weight is 265 g/mol. The van der Waals surface area contributed by atoms with Crippen LogP contribution in [-0.4, -0.2) is 31.2 Å². The lowest BCUT2D eigenvalue weighted by atomic mass is 10.3. The number of nitrogens with zero attached hydrogens (tertiary/aromatic N) is 1. The first-order chi connectivity index (χ1) is 7.65. The molecule has 0 aliphatic carbocycles. The van der Waals surface area contributed by atoms with E-state index in [0.717, 1.165) is 0 Å². The van der Waals surface area contributed by atoms with Gasteiger partial charge in [0, 0.05) is 13.3 Å². The molecule has 0 unspecified atom stereocenters. The molecule has 7 heteroatoms. The van der Waals surface area contributed by atoms with Gasteiger partial charge in [-0.3, -0.25) is 9.63 Å². The molecule has 0 radical (unpaired) electrons. The fourth-order valence-corrected chi connectivity index (χ4v) is 1.12. The molecule has 0 atom stereocenters. The third kappa shape index (κ3) is 3.94. The first-order valence-electron chi connectivity index (χ1n) is 4.37. The average Bonchev–Trinajstić information content (AvgIpc) is 2.28. The molecule has 5 nitrogen and oxygen atoms in total. The molecule has 1 rings (SSSR count). The number of hydrogen-bond acceptors (Lipinski definition) is 4. The van der Waals surface area contributed by atoms with Crippen LogP contribution in [0, 0.1) is 0 Å². The summed E-state index contributed by atoms with van der Waals surface area (Å²) >= 11 is 11.3. The molecule has 0 fully saturated rings. The zero-order valence-electron chi connectivity index (χ0n) is 8.50. The molecular formula is C9H10Cl2N2O3. The highest BCUT2D eigenvalue weighted by Crippen LogP contribution is 2.19. The monoisotopic (exact) mass is 264 g/mol. The number of ether oxygens (including phenoxy) is 1. The van der Waals surface area contributed by atoms with E-state index in [4.69, 9.17) is 32.8 Å². The van der Waals surface area contributed by atoms with Gasteiger partial charge in [-0.25, -0.2) is 10.5 Å². The molecule has 1 aromatic heterocycles. The number of methoxy groups -OCH3 is 1. The van der Waals surface area contributed by atoms with Gasteiger partial charge in [0.05, 0.1) is 23.8 Å². The molecule has 0 bridgehead atoms. The van der Waals surface area contributed by atoms with E-state index in [0.29, 0.717) is 6.61 Å². The van der Waals surface area contributed by atoms with Gasteiger partial charge in [-0.15, -0.1) is 0 Å². The molecule has 1 aromatic rings. The third-order valence-corrected chi connectivity index (χ3v) is 2.30. The van der Waals surface area contributed by atoms with E-state index in [2.05, 4.69) is 10.5 Å². The molecule has 1 N–H and O–H groups in total. The zero-order valence-corrected chi connectivity index (χ0v) is 10.0. The van der Waals surface area contributed by atoms with Crippen molar-refractivity contribution in [3.63, 3.8) is 0 Å². The number of aromatic nitrogens is 1. The van der Waals surface area contributed by atoms with Crippen LogP contribution in [0.1, 0.15) is 10.4 Å². The number of pyridine rings is 1. The van der Waals surface area contributed by atoms with Crippen LogP contribution in [0.4, 0.5) is 0 Å². The summed E-state index contributed by atoms with van der Waals surface area (Å²) in [6.07, 6.45) is 1.31. The van der Waals surface area contributed by atoms with E-state index in [1.807, 2.05) is 0 Å². The summed E-state index contributed by atoms with van der Waals surface area (Å²) in [5.41, 5.74) is 2.49. The summed E-state index contributed by atoms with van der Waals surface area (Å²) in [5.74, 6) is -0.442. The number of hydrogen-bond donors (Lipinski definition) is 1. The number of nitrogens with one attached hydrogen (secondary N) is 1. The van der Waals surface area contributed by atoms with Crippen molar-refractivity contribution in [3.05, 3.63) is 28.0 Å². The van der Waals surface area contributed by atoms with Crippen molar-refractivity contribution in [3.8, 4) is 0 Å². The van der Waals surface area contributed by atoms with Gasteiger partial charge in [0.15, 0.2) is 0 Å². The van der Waals surface area contributed by atoms with Crippen LogP contribution in [0.15, 0.2) is 12.3 Å². The van der Waals surface area contributed by atoms with E-state index in [-0.39, 0.29) is 22.3 Å². The van der Waals surface area contributed by atoms with Crippen molar-refractivity contribution < 1.29 is 14.4 Å². The molecule has 0 aliphatic rings. The minimum atomic E-state index is -0.442. The molecule has 88 valence electrons. The lowest BCUT2D eigenvalue weighted by molar-refractivity contribution is 0.00886. The van der Waals surface area contributed by atoms with Crippen molar-refractivity contribution in [1.82, 2.24) is 10.5 Å². The Morgan fingerprint density at radius 3 is 2.88 bits per heavy atom. The molecule has 0 aliphatic heterocycles. The number of hydroxylamine groups is 1. The lowest BCUT2D eigenvalue weighted by Crippen LogP contribution is -2.25. The molecule has 0 aromatic carbocycles. The largest absolute Gasteiger partial charge is 0.382 e. The minimum absolute atomic E-state index is 0.151. The van der Waals surface area contributed by atoms with Crippen LogP contribution >= 0.6 is 23.2 Å². The summed E-state index contributed by atoms with van der Waals surface area (Å²) in [6.45, 7) is 0.650. The first kappa shape index (κ1) is 13.2. The number of rotatable bonds is 5. The summed E-state index contributed by atoms with van der Waals surface area (Å²) in [7, 11) is 1.54. The predicted octanol–water partition coefficient (Wildman–Crippen LogP) is 1.70. The SMILES string of the molecule is COCCONC(=O)c1cnc(Cl)c(Cl)c1. The van der Waals surface area contributed by atoms with Crippen LogP contribution in [0.3, 0.4) is 0 Å². The Balaban J connectivity index is 2.50. The van der Waals surface area contributed by atoms with Gasteiger partial charge in [0.1, 0.15) is 5.15 Å². The number of amides is 1.